The highest BCUT2D eigenvalue weighted by Crippen LogP contribution is 2.06. The Morgan fingerprint density at radius 3 is 2.20 bits per heavy atom. The van der Waals surface area contributed by atoms with Gasteiger partial charge in [0, 0.05) is 19.3 Å². The van der Waals surface area contributed by atoms with Crippen LogP contribution >= 0.6 is 0 Å². The molecule has 1 aromatic rings. The lowest BCUT2D eigenvalue weighted by Gasteiger charge is -2.12. The van der Waals surface area contributed by atoms with Crippen molar-refractivity contribution >= 4 is 27.8 Å². The minimum Gasteiger partial charge on any atom is -0.480 e. The third-order valence-electron chi connectivity index (χ3n) is 3.36. The van der Waals surface area contributed by atoms with E-state index >= 15 is 0 Å². The van der Waals surface area contributed by atoms with Crippen LogP contribution in [0.4, 0.5) is 0 Å². The number of unbranched alkanes of at least 4 members (excludes halogenated alkanes) is 1. The molecule has 1 rings (SSSR count). The summed E-state index contributed by atoms with van der Waals surface area (Å²) >= 11 is 0. The summed E-state index contributed by atoms with van der Waals surface area (Å²) in [6.45, 7) is 0. The fraction of sp³-hybridized carbons (Fsp3) is 0.438. The third-order valence-corrected chi connectivity index (χ3v) is 4.12. The minimum atomic E-state index is -4.52. The summed E-state index contributed by atoms with van der Waals surface area (Å²) < 4.78 is 30.1. The molecule has 0 saturated carbocycles. The molecule has 1 aromatic carbocycles. The average Bonchev–Trinajstić information content (AvgIpc) is 2.50. The topological polar surface area (TPSA) is 138 Å². The molecule has 3 N–H and O–H groups in total. The minimum absolute atomic E-state index is 0.0339. The number of Topliss-reactive ketones (excluding diaryl/α,β-unsaturated/α-hetero) is 1. The molecule has 0 unspecified atom stereocenters. The van der Waals surface area contributed by atoms with Crippen LogP contribution in [0.2, 0.25) is 0 Å². The van der Waals surface area contributed by atoms with E-state index in [-0.39, 0.29) is 12.2 Å². The molecule has 138 valence electrons. The van der Waals surface area contributed by atoms with Gasteiger partial charge in [0.15, 0.2) is 0 Å². The first-order valence-electron chi connectivity index (χ1n) is 7.70. The van der Waals surface area contributed by atoms with E-state index in [0.717, 1.165) is 5.56 Å². The van der Waals surface area contributed by atoms with E-state index in [9.17, 15) is 22.8 Å². The van der Waals surface area contributed by atoms with Crippen molar-refractivity contribution < 1.29 is 32.5 Å². The summed E-state index contributed by atoms with van der Waals surface area (Å²) in [6, 6.07) is 7.55. The van der Waals surface area contributed by atoms with Gasteiger partial charge < -0.3 is 10.4 Å². The molecule has 0 bridgehead atoms. The molecule has 0 fully saturated rings. The molecular weight excluding hydrogens is 350 g/mol. The Morgan fingerprint density at radius 2 is 1.64 bits per heavy atom. The lowest BCUT2D eigenvalue weighted by molar-refractivity contribution is -0.141. The summed E-state index contributed by atoms with van der Waals surface area (Å²) in [4.78, 5) is 34.3. The highest BCUT2D eigenvalue weighted by Gasteiger charge is 2.25. The van der Waals surface area contributed by atoms with Crippen LogP contribution in [0.3, 0.4) is 0 Å². The SMILES string of the molecule is O=C(CCCCC(=O)N[C@@H](CS(=O)(=O)O)C(=O)O)Cc1ccccc1. The molecule has 9 heteroatoms. The Morgan fingerprint density at radius 1 is 1.04 bits per heavy atom. The molecule has 0 aliphatic heterocycles. The van der Waals surface area contributed by atoms with Gasteiger partial charge in [-0.15, -0.1) is 0 Å². The van der Waals surface area contributed by atoms with E-state index in [1.807, 2.05) is 35.6 Å². The van der Waals surface area contributed by atoms with E-state index in [1.165, 1.54) is 0 Å². The Labute approximate surface area is 146 Å². The Balaban J connectivity index is 2.29. The Hall–Kier alpha value is -2.26. The standard InChI is InChI=1S/C16H21NO7S/c18-13(10-12-6-2-1-3-7-12)8-4-5-9-15(19)17-14(16(20)21)11-25(22,23)24/h1-3,6-7,14H,4-5,8-11H2,(H,17,19)(H,20,21)(H,22,23,24)/t14-/m0/s1. The maximum atomic E-state index is 11.8. The molecule has 0 saturated heterocycles. The summed E-state index contributed by atoms with van der Waals surface area (Å²) in [5.41, 5.74) is 0.916. The summed E-state index contributed by atoms with van der Waals surface area (Å²) in [5.74, 6) is -3.25. The predicted octanol–water partition coefficient (Wildman–Crippen LogP) is 0.816. The number of nitrogens with one attached hydrogen (secondary N) is 1. The van der Waals surface area contributed by atoms with Crippen molar-refractivity contribution in [1.29, 1.82) is 0 Å². The first kappa shape index (κ1) is 20.8. The quantitative estimate of drug-likeness (QED) is 0.386. The number of carbonyl (C=O) groups is 3. The third kappa shape index (κ3) is 9.58. The molecule has 1 atom stereocenters. The summed E-state index contributed by atoms with van der Waals surface area (Å²) in [7, 11) is -4.52. The number of carboxylic acids is 1. The molecule has 25 heavy (non-hydrogen) atoms. The molecule has 1 amide bonds. The molecule has 0 radical (unpaired) electrons. The lowest BCUT2D eigenvalue weighted by Crippen LogP contribution is -2.45. The monoisotopic (exact) mass is 371 g/mol. The Kier molecular flexibility index (Phi) is 8.23. The van der Waals surface area contributed by atoms with Crippen molar-refractivity contribution in [1.82, 2.24) is 5.32 Å². The number of benzene rings is 1. The van der Waals surface area contributed by atoms with Crippen LogP contribution in [-0.4, -0.2) is 47.5 Å². The van der Waals surface area contributed by atoms with E-state index in [4.69, 9.17) is 9.66 Å². The highest BCUT2D eigenvalue weighted by atomic mass is 32.2. The van der Waals surface area contributed by atoms with E-state index in [2.05, 4.69) is 0 Å². The number of rotatable bonds is 11. The van der Waals surface area contributed by atoms with Crippen molar-refractivity contribution in [3.05, 3.63) is 35.9 Å². The van der Waals surface area contributed by atoms with Gasteiger partial charge in [-0.05, 0) is 18.4 Å². The second-order valence-electron chi connectivity index (χ2n) is 5.62. The van der Waals surface area contributed by atoms with Gasteiger partial charge in [0.05, 0.1) is 0 Å². The number of ketones is 1. The summed E-state index contributed by atoms with van der Waals surface area (Å²) in [6.07, 6.45) is 1.42. The fourth-order valence-electron chi connectivity index (χ4n) is 2.17. The van der Waals surface area contributed by atoms with Crippen LogP contribution in [-0.2, 0) is 30.9 Å². The average molecular weight is 371 g/mol. The van der Waals surface area contributed by atoms with Crippen molar-refractivity contribution in [3.63, 3.8) is 0 Å². The van der Waals surface area contributed by atoms with Crippen LogP contribution in [0.25, 0.3) is 0 Å². The molecule has 0 heterocycles. The second kappa shape index (κ2) is 9.90. The largest absolute Gasteiger partial charge is 0.480 e. The van der Waals surface area contributed by atoms with Gasteiger partial charge >= 0.3 is 5.97 Å². The summed E-state index contributed by atoms with van der Waals surface area (Å²) in [5, 5.41) is 10.9. The Bertz CT molecular complexity index is 700. The maximum absolute atomic E-state index is 11.8. The highest BCUT2D eigenvalue weighted by molar-refractivity contribution is 7.85. The number of carboxylic acid groups (broad SMARTS) is 1. The molecule has 8 nitrogen and oxygen atoms in total. The van der Waals surface area contributed by atoms with Gasteiger partial charge in [0.1, 0.15) is 17.6 Å². The zero-order valence-electron chi connectivity index (χ0n) is 13.6. The van der Waals surface area contributed by atoms with Crippen LogP contribution in [0, 0.1) is 0 Å². The molecule has 0 aliphatic rings. The number of amides is 1. The van der Waals surface area contributed by atoms with E-state index in [0.29, 0.717) is 25.7 Å². The normalized spacial score (nSPS) is 12.4. The van der Waals surface area contributed by atoms with Crippen LogP contribution in [0.15, 0.2) is 30.3 Å². The first-order valence-corrected chi connectivity index (χ1v) is 9.31. The van der Waals surface area contributed by atoms with Crippen molar-refractivity contribution in [2.45, 2.75) is 38.1 Å². The van der Waals surface area contributed by atoms with Crippen LogP contribution < -0.4 is 5.32 Å². The smallest absolute Gasteiger partial charge is 0.327 e. The molecule has 0 aromatic heterocycles. The van der Waals surface area contributed by atoms with Gasteiger partial charge in [-0.2, -0.15) is 8.42 Å². The van der Waals surface area contributed by atoms with E-state index in [1.54, 1.807) is 0 Å². The molecule has 0 aliphatic carbocycles. The molecule has 0 spiro atoms. The first-order chi connectivity index (χ1) is 11.7. The van der Waals surface area contributed by atoms with Gasteiger partial charge in [-0.3, -0.25) is 14.1 Å². The van der Waals surface area contributed by atoms with Gasteiger partial charge in [-0.1, -0.05) is 30.3 Å². The fourth-order valence-corrected chi connectivity index (χ4v) is 2.82. The van der Waals surface area contributed by atoms with Gasteiger partial charge in [-0.25, -0.2) is 4.79 Å². The molecular formula is C16H21NO7S. The van der Waals surface area contributed by atoms with Crippen molar-refractivity contribution in [2.24, 2.45) is 0 Å². The number of carbonyl (C=O) groups excluding carboxylic acids is 2. The lowest BCUT2D eigenvalue weighted by atomic mass is 10.0. The van der Waals surface area contributed by atoms with Crippen molar-refractivity contribution in [3.8, 4) is 0 Å². The van der Waals surface area contributed by atoms with Gasteiger partial charge in [0.25, 0.3) is 10.1 Å². The van der Waals surface area contributed by atoms with E-state index < -0.39 is 33.8 Å². The number of hydrogen-bond donors (Lipinski definition) is 3. The second-order valence-corrected chi connectivity index (χ2v) is 7.11. The number of aliphatic carboxylic acids is 1. The maximum Gasteiger partial charge on any atom is 0.327 e. The zero-order valence-corrected chi connectivity index (χ0v) is 14.4. The number of hydrogen-bond acceptors (Lipinski definition) is 5. The van der Waals surface area contributed by atoms with Crippen molar-refractivity contribution in [2.75, 3.05) is 5.75 Å². The predicted molar refractivity (Wildman–Crippen MR) is 89.6 cm³/mol. The zero-order chi connectivity index (χ0) is 18.9. The van der Waals surface area contributed by atoms with Gasteiger partial charge in [0.2, 0.25) is 5.91 Å². The van der Waals surface area contributed by atoms with Crippen LogP contribution in [0.5, 0.6) is 0 Å². The van der Waals surface area contributed by atoms with Crippen LogP contribution in [0.1, 0.15) is 31.2 Å².